The molecule has 1 aliphatic carbocycles. The molecule has 5 heteroatoms. The minimum absolute atomic E-state index is 0.111. The summed E-state index contributed by atoms with van der Waals surface area (Å²) in [5.41, 5.74) is 4.05. The van der Waals surface area contributed by atoms with Gasteiger partial charge in [0.25, 0.3) is 0 Å². The van der Waals surface area contributed by atoms with Crippen LogP contribution in [-0.4, -0.2) is 23.3 Å². The van der Waals surface area contributed by atoms with Crippen LogP contribution in [0.1, 0.15) is 54.8 Å². The van der Waals surface area contributed by atoms with E-state index in [1.54, 1.807) is 17.0 Å². The number of nitrogens with zero attached hydrogens (tertiary/aromatic N) is 1. The number of hydrogen-bond acceptors (Lipinski definition) is 2. The highest BCUT2D eigenvalue weighted by molar-refractivity contribution is 6.30. The van der Waals surface area contributed by atoms with E-state index >= 15 is 0 Å². The van der Waals surface area contributed by atoms with E-state index in [2.05, 4.69) is 11.4 Å². The Kier molecular flexibility index (Phi) is 9.34. The molecule has 186 valence electrons. The van der Waals surface area contributed by atoms with E-state index in [0.29, 0.717) is 18.1 Å². The zero-order valence-corrected chi connectivity index (χ0v) is 21.3. The van der Waals surface area contributed by atoms with E-state index in [9.17, 15) is 9.59 Å². The van der Waals surface area contributed by atoms with E-state index in [4.69, 9.17) is 11.6 Å². The molecule has 0 bridgehead atoms. The number of hydrogen-bond donors (Lipinski definition) is 1. The van der Waals surface area contributed by atoms with Gasteiger partial charge in [-0.15, -0.1) is 0 Å². The van der Waals surface area contributed by atoms with Crippen molar-refractivity contribution in [3.63, 3.8) is 0 Å². The van der Waals surface area contributed by atoms with E-state index in [1.165, 1.54) is 18.4 Å². The van der Waals surface area contributed by atoms with Crippen LogP contribution in [0.5, 0.6) is 0 Å². The van der Waals surface area contributed by atoms with E-state index in [-0.39, 0.29) is 18.2 Å². The normalized spacial score (nSPS) is 14.0. The number of rotatable bonds is 10. The summed E-state index contributed by atoms with van der Waals surface area (Å²) in [6, 6.07) is 26.0. The summed E-state index contributed by atoms with van der Waals surface area (Å²) < 4.78 is 0. The van der Waals surface area contributed by atoms with Crippen molar-refractivity contribution in [1.29, 1.82) is 0 Å². The van der Waals surface area contributed by atoms with Gasteiger partial charge in [0.1, 0.15) is 6.04 Å². The Morgan fingerprint density at radius 3 is 2.22 bits per heavy atom. The first-order valence-electron chi connectivity index (χ1n) is 12.7. The van der Waals surface area contributed by atoms with Gasteiger partial charge in [-0.25, -0.2) is 0 Å². The highest BCUT2D eigenvalue weighted by atomic mass is 35.5. The van der Waals surface area contributed by atoms with Gasteiger partial charge in [0.2, 0.25) is 11.8 Å². The number of benzene rings is 3. The molecule has 2 amide bonds. The lowest BCUT2D eigenvalue weighted by molar-refractivity contribution is -0.141. The Morgan fingerprint density at radius 1 is 0.861 bits per heavy atom. The van der Waals surface area contributed by atoms with Crippen LogP contribution >= 0.6 is 11.6 Å². The fraction of sp³-hybridized carbons (Fsp3) is 0.290. The molecule has 0 aliphatic heterocycles. The van der Waals surface area contributed by atoms with Crippen LogP contribution in [-0.2, 0) is 22.6 Å². The Bertz CT molecular complexity index is 1160. The molecule has 36 heavy (non-hydrogen) atoms. The van der Waals surface area contributed by atoms with Gasteiger partial charge in [-0.1, -0.05) is 96.0 Å². The number of allylic oxidation sites excluding steroid dienone is 1. The first-order valence-corrected chi connectivity index (χ1v) is 13.1. The molecule has 1 aliphatic rings. The third-order valence-electron chi connectivity index (χ3n) is 6.59. The van der Waals surface area contributed by atoms with E-state index in [0.717, 1.165) is 36.0 Å². The third-order valence-corrected chi connectivity index (χ3v) is 6.84. The largest absolute Gasteiger partial charge is 0.354 e. The third kappa shape index (κ3) is 7.32. The van der Waals surface area contributed by atoms with Crippen molar-refractivity contribution in [3.05, 3.63) is 118 Å². The molecule has 0 radical (unpaired) electrons. The van der Waals surface area contributed by atoms with Gasteiger partial charge in [-0.2, -0.15) is 0 Å². The summed E-state index contributed by atoms with van der Waals surface area (Å²) in [7, 11) is 0. The van der Waals surface area contributed by atoms with Crippen molar-refractivity contribution in [2.75, 3.05) is 6.54 Å². The minimum atomic E-state index is -0.730. The number of carbonyl (C=O) groups is 2. The second-order valence-electron chi connectivity index (χ2n) is 9.27. The number of carbonyl (C=O) groups excluding carboxylic acids is 2. The maximum Gasteiger partial charge on any atom is 0.247 e. The van der Waals surface area contributed by atoms with Crippen molar-refractivity contribution in [3.8, 4) is 0 Å². The smallest absolute Gasteiger partial charge is 0.247 e. The summed E-state index contributed by atoms with van der Waals surface area (Å²) in [6.45, 7) is 0.907. The molecule has 0 heterocycles. The second-order valence-corrected chi connectivity index (χ2v) is 9.71. The number of nitrogens with one attached hydrogen (secondary N) is 1. The van der Waals surface area contributed by atoms with Crippen LogP contribution in [0.3, 0.4) is 0 Å². The summed E-state index contributed by atoms with van der Waals surface area (Å²) in [6.07, 6.45) is 8.05. The maximum absolute atomic E-state index is 13.7. The van der Waals surface area contributed by atoms with E-state index < -0.39 is 6.04 Å². The topological polar surface area (TPSA) is 49.4 Å². The Balaban J connectivity index is 1.59. The molecule has 0 aromatic heterocycles. The summed E-state index contributed by atoms with van der Waals surface area (Å²) >= 11 is 6.04. The molecule has 0 fully saturated rings. The van der Waals surface area contributed by atoms with Gasteiger partial charge in [-0.05, 0) is 60.9 Å². The van der Waals surface area contributed by atoms with Crippen LogP contribution in [0.2, 0.25) is 5.02 Å². The van der Waals surface area contributed by atoms with Crippen molar-refractivity contribution in [2.45, 2.75) is 51.1 Å². The fourth-order valence-corrected chi connectivity index (χ4v) is 4.79. The molecule has 0 saturated heterocycles. The quantitative estimate of drug-likeness (QED) is 0.316. The SMILES string of the molecule is O=C(NCCC1=CCCCC1)C(c1ccccc1)N(Cc1ccccc1)C(=O)Cc1ccc(Cl)cc1. The first-order chi connectivity index (χ1) is 17.6. The molecule has 3 aromatic carbocycles. The van der Waals surface area contributed by atoms with Gasteiger partial charge in [0.05, 0.1) is 6.42 Å². The van der Waals surface area contributed by atoms with Crippen LogP contribution < -0.4 is 5.32 Å². The highest BCUT2D eigenvalue weighted by Crippen LogP contribution is 2.26. The first kappa shape index (κ1) is 25.7. The van der Waals surface area contributed by atoms with Gasteiger partial charge in [0, 0.05) is 18.1 Å². The van der Waals surface area contributed by atoms with Gasteiger partial charge in [0.15, 0.2) is 0 Å². The molecule has 1 unspecified atom stereocenters. The predicted octanol–water partition coefficient (Wildman–Crippen LogP) is 6.66. The maximum atomic E-state index is 13.7. The molecule has 1 N–H and O–H groups in total. The number of amides is 2. The zero-order chi connectivity index (χ0) is 25.2. The van der Waals surface area contributed by atoms with Crippen LogP contribution in [0.25, 0.3) is 0 Å². The van der Waals surface area contributed by atoms with Crippen molar-refractivity contribution in [2.24, 2.45) is 0 Å². The predicted molar refractivity (Wildman–Crippen MR) is 146 cm³/mol. The lowest BCUT2D eigenvalue weighted by Gasteiger charge is -2.32. The average molecular weight is 501 g/mol. The molecule has 0 saturated carbocycles. The van der Waals surface area contributed by atoms with Crippen LogP contribution in [0.4, 0.5) is 0 Å². The van der Waals surface area contributed by atoms with Gasteiger partial charge in [-0.3, -0.25) is 9.59 Å². The average Bonchev–Trinajstić information content (AvgIpc) is 2.91. The van der Waals surface area contributed by atoms with Crippen molar-refractivity contribution < 1.29 is 9.59 Å². The second kappa shape index (κ2) is 13.1. The summed E-state index contributed by atoms with van der Waals surface area (Å²) in [5, 5.41) is 3.76. The van der Waals surface area contributed by atoms with Crippen LogP contribution in [0.15, 0.2) is 96.6 Å². The van der Waals surface area contributed by atoms with Crippen molar-refractivity contribution >= 4 is 23.4 Å². The molecule has 4 rings (SSSR count). The minimum Gasteiger partial charge on any atom is -0.354 e. The molecule has 3 aromatic rings. The fourth-order valence-electron chi connectivity index (χ4n) is 4.66. The van der Waals surface area contributed by atoms with E-state index in [1.807, 2.05) is 72.8 Å². The molecule has 4 nitrogen and oxygen atoms in total. The summed E-state index contributed by atoms with van der Waals surface area (Å²) in [5.74, 6) is -0.266. The molecular weight excluding hydrogens is 468 g/mol. The van der Waals surface area contributed by atoms with Gasteiger partial charge < -0.3 is 10.2 Å². The van der Waals surface area contributed by atoms with Gasteiger partial charge >= 0.3 is 0 Å². The Labute approximate surface area is 219 Å². The zero-order valence-electron chi connectivity index (χ0n) is 20.5. The van der Waals surface area contributed by atoms with Crippen molar-refractivity contribution in [1.82, 2.24) is 10.2 Å². The highest BCUT2D eigenvalue weighted by Gasteiger charge is 2.31. The molecular formula is C31H33ClN2O2. The molecule has 1 atom stereocenters. The Hall–Kier alpha value is -3.37. The number of halogens is 1. The van der Waals surface area contributed by atoms with Crippen LogP contribution in [0, 0.1) is 0 Å². The lowest BCUT2D eigenvalue weighted by atomic mass is 9.97. The Morgan fingerprint density at radius 2 is 1.56 bits per heavy atom. The molecule has 0 spiro atoms. The lowest BCUT2D eigenvalue weighted by Crippen LogP contribution is -2.44. The monoisotopic (exact) mass is 500 g/mol. The summed E-state index contributed by atoms with van der Waals surface area (Å²) in [4.78, 5) is 29.1. The standard InChI is InChI=1S/C31H33ClN2O2/c32-28-18-16-25(17-19-28)22-29(35)34(23-26-12-6-2-7-13-26)30(27-14-8-3-9-15-27)31(36)33-21-20-24-10-4-1-5-11-24/h2-3,6-10,12-19,30H,1,4-5,11,20-23H2,(H,33,36).